The van der Waals surface area contributed by atoms with E-state index in [-0.39, 0.29) is 11.9 Å². The van der Waals surface area contributed by atoms with Crippen molar-refractivity contribution in [3.05, 3.63) is 0 Å². The van der Waals surface area contributed by atoms with Gasteiger partial charge in [-0.05, 0) is 25.0 Å². The van der Waals surface area contributed by atoms with Gasteiger partial charge in [0.1, 0.15) is 0 Å². The zero-order valence-corrected chi connectivity index (χ0v) is 12.0. The summed E-state index contributed by atoms with van der Waals surface area (Å²) in [6.45, 7) is 6.29. The maximum atomic E-state index is 12.0. The van der Waals surface area contributed by atoms with Gasteiger partial charge in [0, 0.05) is 18.8 Å². The summed E-state index contributed by atoms with van der Waals surface area (Å²) in [6, 6.07) is -0.0402. The van der Waals surface area contributed by atoms with E-state index in [1.807, 2.05) is 11.9 Å². The highest BCUT2D eigenvalue weighted by Crippen LogP contribution is 2.12. The molecule has 0 aliphatic rings. The van der Waals surface area contributed by atoms with Crippen molar-refractivity contribution < 1.29 is 4.79 Å². The smallest absolute Gasteiger partial charge is 0.239 e. The standard InChI is InChI=1S/C12H26N2OS/c1-6-10(8-16-5)14(4)12(15)11(13)7-9(2)3/h9-11H,6-8,13H2,1-5H3/t10?,11-/m0/s1. The van der Waals surface area contributed by atoms with Gasteiger partial charge >= 0.3 is 0 Å². The van der Waals surface area contributed by atoms with Crippen molar-refractivity contribution in [2.24, 2.45) is 11.7 Å². The van der Waals surface area contributed by atoms with E-state index in [9.17, 15) is 4.79 Å². The lowest BCUT2D eigenvalue weighted by Gasteiger charge is -2.29. The third kappa shape index (κ3) is 5.21. The van der Waals surface area contributed by atoms with Crippen molar-refractivity contribution in [3.8, 4) is 0 Å². The van der Waals surface area contributed by atoms with Crippen LogP contribution in [0.15, 0.2) is 0 Å². The Bertz CT molecular complexity index is 209. The fourth-order valence-corrected chi connectivity index (χ4v) is 2.59. The predicted octanol–water partition coefficient (Wildman–Crippen LogP) is 1.96. The average molecular weight is 246 g/mol. The van der Waals surface area contributed by atoms with Crippen molar-refractivity contribution in [2.75, 3.05) is 19.1 Å². The summed E-state index contributed by atoms with van der Waals surface area (Å²) in [5.74, 6) is 1.52. The van der Waals surface area contributed by atoms with Gasteiger partial charge in [0.05, 0.1) is 6.04 Å². The summed E-state index contributed by atoms with van der Waals surface area (Å²) in [5, 5.41) is 0. The Labute approximate surface area is 104 Å². The van der Waals surface area contributed by atoms with Gasteiger partial charge in [-0.25, -0.2) is 0 Å². The number of nitrogens with two attached hydrogens (primary N) is 1. The van der Waals surface area contributed by atoms with E-state index >= 15 is 0 Å². The van der Waals surface area contributed by atoms with Crippen LogP contribution in [0.2, 0.25) is 0 Å². The molecular weight excluding hydrogens is 220 g/mol. The second-order valence-electron chi connectivity index (χ2n) is 4.70. The summed E-state index contributed by atoms with van der Waals surface area (Å²) >= 11 is 1.77. The van der Waals surface area contributed by atoms with Gasteiger partial charge in [-0.1, -0.05) is 20.8 Å². The minimum atomic E-state index is -0.346. The second kappa shape index (κ2) is 7.96. The molecule has 0 bridgehead atoms. The Balaban J connectivity index is 4.33. The van der Waals surface area contributed by atoms with Gasteiger partial charge in [0.2, 0.25) is 5.91 Å². The molecule has 0 aromatic carbocycles. The number of nitrogens with zero attached hydrogens (tertiary/aromatic N) is 1. The summed E-state index contributed by atoms with van der Waals surface area (Å²) in [7, 11) is 1.87. The Kier molecular flexibility index (Phi) is 7.85. The number of hydrogen-bond acceptors (Lipinski definition) is 3. The van der Waals surface area contributed by atoms with E-state index < -0.39 is 0 Å². The van der Waals surface area contributed by atoms with Crippen LogP contribution < -0.4 is 5.73 Å². The number of likely N-dealkylation sites (N-methyl/N-ethyl adjacent to an activating group) is 1. The number of carbonyl (C=O) groups excluding carboxylic acids is 1. The topological polar surface area (TPSA) is 46.3 Å². The van der Waals surface area contributed by atoms with Gasteiger partial charge in [0.25, 0.3) is 0 Å². The van der Waals surface area contributed by atoms with Crippen LogP contribution in [0, 0.1) is 5.92 Å². The van der Waals surface area contributed by atoms with E-state index in [4.69, 9.17) is 5.73 Å². The summed E-state index contributed by atoms with van der Waals surface area (Å²) in [6.07, 6.45) is 3.81. The van der Waals surface area contributed by atoms with E-state index in [0.717, 1.165) is 18.6 Å². The van der Waals surface area contributed by atoms with Gasteiger partial charge in [0.15, 0.2) is 0 Å². The highest BCUT2D eigenvalue weighted by atomic mass is 32.2. The van der Waals surface area contributed by atoms with E-state index in [1.54, 1.807) is 11.8 Å². The molecule has 0 aromatic rings. The van der Waals surface area contributed by atoms with Crippen LogP contribution in [0.25, 0.3) is 0 Å². The Morgan fingerprint density at radius 1 is 1.44 bits per heavy atom. The first-order chi connectivity index (χ1) is 7.43. The lowest BCUT2D eigenvalue weighted by molar-refractivity contribution is -0.133. The zero-order chi connectivity index (χ0) is 12.7. The third-order valence-corrected chi connectivity index (χ3v) is 3.49. The van der Waals surface area contributed by atoms with Crippen molar-refractivity contribution in [2.45, 2.75) is 45.7 Å². The van der Waals surface area contributed by atoms with Crippen molar-refractivity contribution in [1.82, 2.24) is 4.90 Å². The Hall–Kier alpha value is -0.220. The van der Waals surface area contributed by atoms with Crippen molar-refractivity contribution in [3.63, 3.8) is 0 Å². The van der Waals surface area contributed by atoms with Crippen molar-refractivity contribution >= 4 is 17.7 Å². The molecule has 0 rings (SSSR count). The quantitative estimate of drug-likeness (QED) is 0.747. The third-order valence-electron chi connectivity index (χ3n) is 2.77. The molecule has 0 aliphatic carbocycles. The number of amides is 1. The van der Waals surface area contributed by atoms with Gasteiger partial charge in [-0.15, -0.1) is 0 Å². The van der Waals surface area contributed by atoms with Gasteiger partial charge in [-0.3, -0.25) is 4.79 Å². The molecule has 96 valence electrons. The van der Waals surface area contributed by atoms with Gasteiger partial charge in [-0.2, -0.15) is 11.8 Å². The number of thioether (sulfide) groups is 1. The molecule has 1 amide bonds. The predicted molar refractivity (Wildman–Crippen MR) is 72.7 cm³/mol. The fraction of sp³-hybridized carbons (Fsp3) is 0.917. The van der Waals surface area contributed by atoms with Crippen LogP contribution in [-0.4, -0.2) is 41.9 Å². The lowest BCUT2D eigenvalue weighted by atomic mass is 10.0. The molecule has 0 heterocycles. The van der Waals surface area contributed by atoms with E-state index in [1.165, 1.54) is 0 Å². The molecular formula is C12H26N2OS. The SMILES string of the molecule is CCC(CSC)N(C)C(=O)[C@@H](N)CC(C)C. The molecule has 2 N–H and O–H groups in total. The Morgan fingerprint density at radius 3 is 2.38 bits per heavy atom. The molecule has 0 radical (unpaired) electrons. The molecule has 0 aliphatic heterocycles. The van der Waals surface area contributed by atoms with Crippen LogP contribution in [0.3, 0.4) is 0 Å². The van der Waals surface area contributed by atoms with Crippen LogP contribution in [0.5, 0.6) is 0 Å². The molecule has 16 heavy (non-hydrogen) atoms. The van der Waals surface area contributed by atoms with Crippen LogP contribution in [0.4, 0.5) is 0 Å². The number of rotatable bonds is 7. The summed E-state index contributed by atoms with van der Waals surface area (Å²) in [4.78, 5) is 13.9. The first-order valence-corrected chi connectivity index (χ1v) is 7.34. The average Bonchev–Trinajstić information content (AvgIpc) is 2.22. The summed E-state index contributed by atoms with van der Waals surface area (Å²) < 4.78 is 0. The lowest BCUT2D eigenvalue weighted by Crippen LogP contribution is -2.47. The molecule has 4 heteroatoms. The van der Waals surface area contributed by atoms with E-state index in [2.05, 4.69) is 27.0 Å². The molecule has 0 saturated carbocycles. The first-order valence-electron chi connectivity index (χ1n) is 5.95. The minimum Gasteiger partial charge on any atom is -0.341 e. The first kappa shape index (κ1) is 15.8. The van der Waals surface area contributed by atoms with Crippen molar-refractivity contribution in [1.29, 1.82) is 0 Å². The zero-order valence-electron chi connectivity index (χ0n) is 11.2. The van der Waals surface area contributed by atoms with Crippen LogP contribution >= 0.6 is 11.8 Å². The highest BCUT2D eigenvalue weighted by molar-refractivity contribution is 7.98. The highest BCUT2D eigenvalue weighted by Gasteiger charge is 2.23. The fourth-order valence-electron chi connectivity index (χ4n) is 1.75. The molecule has 1 unspecified atom stereocenters. The molecule has 0 aromatic heterocycles. The van der Waals surface area contributed by atoms with Crippen LogP contribution in [0.1, 0.15) is 33.6 Å². The molecule has 0 spiro atoms. The number of hydrogen-bond donors (Lipinski definition) is 1. The van der Waals surface area contributed by atoms with Crippen LogP contribution in [-0.2, 0) is 4.79 Å². The van der Waals surface area contributed by atoms with Gasteiger partial charge < -0.3 is 10.6 Å². The molecule has 0 saturated heterocycles. The second-order valence-corrected chi connectivity index (χ2v) is 5.61. The number of carbonyl (C=O) groups is 1. The maximum absolute atomic E-state index is 12.0. The Morgan fingerprint density at radius 2 is 2.00 bits per heavy atom. The van der Waals surface area contributed by atoms with E-state index in [0.29, 0.717) is 12.0 Å². The summed E-state index contributed by atoms with van der Waals surface area (Å²) in [5.41, 5.74) is 5.91. The molecule has 3 nitrogen and oxygen atoms in total. The monoisotopic (exact) mass is 246 g/mol. The minimum absolute atomic E-state index is 0.0783. The maximum Gasteiger partial charge on any atom is 0.239 e. The molecule has 2 atom stereocenters. The molecule has 0 fully saturated rings. The largest absolute Gasteiger partial charge is 0.341 e. The normalized spacial score (nSPS) is 14.9.